The van der Waals surface area contributed by atoms with E-state index in [1.807, 2.05) is 24.0 Å². The number of nitrogens with zero attached hydrogens (tertiary/aromatic N) is 3. The first-order valence-electron chi connectivity index (χ1n) is 9.50. The van der Waals surface area contributed by atoms with Crippen molar-refractivity contribution in [3.63, 3.8) is 0 Å². The number of imidazole rings is 1. The van der Waals surface area contributed by atoms with Crippen molar-refractivity contribution >= 4 is 22.8 Å². The zero-order chi connectivity index (χ0) is 19.8. The number of piperazine rings is 1. The van der Waals surface area contributed by atoms with Crippen molar-refractivity contribution in [1.29, 1.82) is 0 Å². The fraction of sp³-hybridized carbons (Fsp3) is 0.318. The van der Waals surface area contributed by atoms with Crippen LogP contribution in [0.25, 0.3) is 11.0 Å². The van der Waals surface area contributed by atoms with E-state index < -0.39 is 0 Å². The Morgan fingerprint density at radius 2 is 1.89 bits per heavy atom. The van der Waals surface area contributed by atoms with E-state index in [9.17, 15) is 9.59 Å². The maximum absolute atomic E-state index is 12.9. The van der Waals surface area contributed by atoms with Gasteiger partial charge in [0, 0.05) is 25.2 Å². The van der Waals surface area contributed by atoms with E-state index in [-0.39, 0.29) is 18.4 Å². The number of carbonyl (C=O) groups excluding carboxylic acids is 2. The molecule has 0 unspecified atom stereocenters. The Balaban J connectivity index is 1.44. The topological polar surface area (TPSA) is 69.3 Å². The van der Waals surface area contributed by atoms with Crippen LogP contribution in [0.3, 0.4) is 0 Å². The largest absolute Gasteiger partial charge is 0.342 e. The van der Waals surface area contributed by atoms with Crippen molar-refractivity contribution in [3.05, 3.63) is 64.5 Å². The Hall–Kier alpha value is -3.15. The molecule has 0 atom stereocenters. The lowest BCUT2D eigenvalue weighted by Gasteiger charge is -2.34. The zero-order valence-corrected chi connectivity index (χ0v) is 16.5. The minimum absolute atomic E-state index is 0.0173. The van der Waals surface area contributed by atoms with Gasteiger partial charge in [-0.15, -0.1) is 0 Å². The second-order valence-electron chi connectivity index (χ2n) is 7.51. The highest BCUT2D eigenvalue weighted by molar-refractivity contribution is 5.99. The summed E-state index contributed by atoms with van der Waals surface area (Å²) < 4.78 is 0. The highest BCUT2D eigenvalue weighted by Gasteiger charge is 2.28. The number of aromatic nitrogens is 2. The van der Waals surface area contributed by atoms with Gasteiger partial charge in [0.05, 0.1) is 11.0 Å². The van der Waals surface area contributed by atoms with Crippen molar-refractivity contribution in [2.75, 3.05) is 19.6 Å². The highest BCUT2D eigenvalue weighted by atomic mass is 16.2. The van der Waals surface area contributed by atoms with E-state index in [0.29, 0.717) is 25.2 Å². The Morgan fingerprint density at radius 3 is 2.64 bits per heavy atom. The number of aryl methyl sites for hydroxylation is 3. The molecule has 1 aliphatic rings. The summed E-state index contributed by atoms with van der Waals surface area (Å²) in [5, 5.41) is 0. The standard InChI is InChI=1S/C22H24N4O2/c1-14-4-5-17(10-15(14)2)12-25-8-9-26(13-21(25)27)22(28)18-6-7-19-20(11-18)24-16(3)23-19/h4-7,10-11H,8-9,12-13H2,1-3H3,(H,23,24). The molecule has 3 aromatic rings. The number of carbonyl (C=O) groups is 2. The minimum atomic E-state index is -0.117. The first kappa shape index (κ1) is 18.2. The molecule has 0 bridgehead atoms. The Bertz CT molecular complexity index is 1070. The Labute approximate surface area is 164 Å². The summed E-state index contributed by atoms with van der Waals surface area (Å²) >= 11 is 0. The van der Waals surface area contributed by atoms with Crippen LogP contribution in [0.4, 0.5) is 0 Å². The molecule has 6 heteroatoms. The van der Waals surface area contributed by atoms with Crippen molar-refractivity contribution in [3.8, 4) is 0 Å². The summed E-state index contributed by atoms with van der Waals surface area (Å²) in [4.78, 5) is 36.5. The predicted octanol–water partition coefficient (Wildman–Crippen LogP) is 2.97. The molecule has 4 rings (SSSR count). The smallest absolute Gasteiger partial charge is 0.254 e. The highest BCUT2D eigenvalue weighted by Crippen LogP contribution is 2.18. The fourth-order valence-corrected chi connectivity index (χ4v) is 3.62. The molecule has 2 heterocycles. The quantitative estimate of drug-likeness (QED) is 0.764. The third kappa shape index (κ3) is 3.50. The lowest BCUT2D eigenvalue weighted by molar-refractivity contribution is -0.135. The molecule has 0 aliphatic carbocycles. The van der Waals surface area contributed by atoms with Crippen LogP contribution in [0, 0.1) is 20.8 Å². The number of rotatable bonds is 3. The van der Waals surface area contributed by atoms with Gasteiger partial charge < -0.3 is 14.8 Å². The van der Waals surface area contributed by atoms with Gasteiger partial charge in [0.15, 0.2) is 0 Å². The SMILES string of the molecule is Cc1nc2ccc(C(=O)N3CCN(Cc4ccc(C)c(C)c4)C(=O)C3)cc2[nH]1. The van der Waals surface area contributed by atoms with Crippen molar-refractivity contribution < 1.29 is 9.59 Å². The van der Waals surface area contributed by atoms with Crippen LogP contribution in [0.1, 0.15) is 32.9 Å². The number of fused-ring (bicyclic) bond motifs is 1. The van der Waals surface area contributed by atoms with Crippen LogP contribution in [-0.4, -0.2) is 51.2 Å². The number of benzene rings is 2. The monoisotopic (exact) mass is 376 g/mol. The molecule has 1 aliphatic heterocycles. The van der Waals surface area contributed by atoms with Crippen molar-refractivity contribution in [2.24, 2.45) is 0 Å². The molecule has 0 radical (unpaired) electrons. The Morgan fingerprint density at radius 1 is 1.07 bits per heavy atom. The summed E-state index contributed by atoms with van der Waals surface area (Å²) in [5.41, 5.74) is 5.84. The van der Waals surface area contributed by atoms with Gasteiger partial charge in [-0.1, -0.05) is 18.2 Å². The van der Waals surface area contributed by atoms with E-state index in [0.717, 1.165) is 22.4 Å². The summed E-state index contributed by atoms with van der Waals surface area (Å²) in [7, 11) is 0. The Kier molecular flexibility index (Phi) is 4.63. The minimum Gasteiger partial charge on any atom is -0.342 e. The molecule has 0 saturated carbocycles. The zero-order valence-electron chi connectivity index (χ0n) is 16.5. The van der Waals surface area contributed by atoms with Crippen molar-refractivity contribution in [2.45, 2.75) is 27.3 Å². The maximum Gasteiger partial charge on any atom is 0.254 e. The van der Waals surface area contributed by atoms with E-state index in [1.54, 1.807) is 11.0 Å². The fourth-order valence-electron chi connectivity index (χ4n) is 3.62. The van der Waals surface area contributed by atoms with E-state index in [1.165, 1.54) is 11.1 Å². The van der Waals surface area contributed by atoms with Crippen LogP contribution in [0.2, 0.25) is 0 Å². The number of nitrogens with one attached hydrogen (secondary N) is 1. The third-order valence-corrected chi connectivity index (χ3v) is 5.40. The van der Waals surface area contributed by atoms with Gasteiger partial charge in [-0.05, 0) is 55.7 Å². The normalized spacial score (nSPS) is 14.8. The molecule has 1 fully saturated rings. The summed E-state index contributed by atoms with van der Waals surface area (Å²) in [6.45, 7) is 7.82. The number of H-pyrrole nitrogens is 1. The molecule has 1 saturated heterocycles. The van der Waals surface area contributed by atoms with Crippen LogP contribution in [0.15, 0.2) is 36.4 Å². The van der Waals surface area contributed by atoms with Gasteiger partial charge in [-0.25, -0.2) is 4.98 Å². The number of amides is 2. The molecule has 1 N–H and O–H groups in total. The molecular formula is C22H24N4O2. The van der Waals surface area contributed by atoms with Crippen LogP contribution < -0.4 is 0 Å². The van der Waals surface area contributed by atoms with E-state index in [2.05, 4.69) is 42.0 Å². The molecular weight excluding hydrogens is 352 g/mol. The third-order valence-electron chi connectivity index (χ3n) is 5.40. The van der Waals surface area contributed by atoms with Gasteiger partial charge in [0.2, 0.25) is 5.91 Å². The predicted molar refractivity (Wildman–Crippen MR) is 108 cm³/mol. The maximum atomic E-state index is 12.9. The second kappa shape index (κ2) is 7.11. The number of aromatic amines is 1. The molecule has 144 valence electrons. The van der Waals surface area contributed by atoms with Gasteiger partial charge in [0.25, 0.3) is 5.91 Å². The number of hydrogen-bond acceptors (Lipinski definition) is 3. The summed E-state index contributed by atoms with van der Waals surface area (Å²) in [6.07, 6.45) is 0. The van der Waals surface area contributed by atoms with Gasteiger partial charge >= 0.3 is 0 Å². The lowest BCUT2D eigenvalue weighted by Crippen LogP contribution is -2.51. The molecule has 0 spiro atoms. The first-order chi connectivity index (χ1) is 13.4. The second-order valence-corrected chi connectivity index (χ2v) is 7.51. The molecule has 2 aromatic carbocycles. The van der Waals surface area contributed by atoms with E-state index in [4.69, 9.17) is 0 Å². The van der Waals surface area contributed by atoms with Gasteiger partial charge in [-0.3, -0.25) is 9.59 Å². The van der Waals surface area contributed by atoms with Crippen LogP contribution in [-0.2, 0) is 11.3 Å². The van der Waals surface area contributed by atoms with Crippen LogP contribution >= 0.6 is 0 Å². The first-order valence-corrected chi connectivity index (χ1v) is 9.50. The average Bonchev–Trinajstić information content (AvgIpc) is 3.05. The molecule has 2 amide bonds. The summed E-state index contributed by atoms with van der Waals surface area (Å²) in [6, 6.07) is 11.7. The van der Waals surface area contributed by atoms with Crippen molar-refractivity contribution in [1.82, 2.24) is 19.8 Å². The summed E-state index contributed by atoms with van der Waals surface area (Å²) in [5.74, 6) is 0.680. The van der Waals surface area contributed by atoms with Gasteiger partial charge in [0.1, 0.15) is 12.4 Å². The van der Waals surface area contributed by atoms with Gasteiger partial charge in [-0.2, -0.15) is 0 Å². The lowest BCUT2D eigenvalue weighted by atomic mass is 10.1. The number of hydrogen-bond donors (Lipinski definition) is 1. The molecule has 1 aromatic heterocycles. The average molecular weight is 376 g/mol. The molecule has 28 heavy (non-hydrogen) atoms. The molecule has 6 nitrogen and oxygen atoms in total. The van der Waals surface area contributed by atoms with E-state index >= 15 is 0 Å². The van der Waals surface area contributed by atoms with Crippen LogP contribution in [0.5, 0.6) is 0 Å².